The number of hydrogen-bond donors (Lipinski definition) is 0. The fraction of sp³-hybridized carbons (Fsp3) is 0.167. The molecule has 0 N–H and O–H groups in total. The van der Waals surface area contributed by atoms with Gasteiger partial charge in [0.25, 0.3) is 0 Å². The summed E-state index contributed by atoms with van der Waals surface area (Å²) in [5, 5.41) is 0. The summed E-state index contributed by atoms with van der Waals surface area (Å²) in [6, 6.07) is 43.2. The van der Waals surface area contributed by atoms with Gasteiger partial charge in [0.15, 0.2) is 0 Å². The van der Waals surface area contributed by atoms with Gasteiger partial charge in [0, 0.05) is 46.2 Å². The second kappa shape index (κ2) is 11.2. The molecule has 1 saturated heterocycles. The van der Waals surface area contributed by atoms with Gasteiger partial charge in [0.05, 0.1) is 11.2 Å². The first kappa shape index (κ1) is 28.3. The van der Waals surface area contributed by atoms with Gasteiger partial charge in [-0.15, -0.1) is 34.0 Å². The molecule has 0 atom stereocenters. The van der Waals surface area contributed by atoms with Crippen LogP contribution < -0.4 is 9.68 Å². The summed E-state index contributed by atoms with van der Waals surface area (Å²) in [5.41, 5.74) is 3.97. The second-order valence-electron chi connectivity index (χ2n) is 11.7. The Morgan fingerprint density at radius 1 is 0.465 bits per heavy atom. The van der Waals surface area contributed by atoms with Gasteiger partial charge in [-0.3, -0.25) is 0 Å². The number of rotatable bonds is 7. The van der Waals surface area contributed by atoms with Crippen LogP contribution in [0.5, 0.6) is 0 Å². The van der Waals surface area contributed by atoms with E-state index in [0.29, 0.717) is 0 Å². The fourth-order valence-corrected chi connectivity index (χ4v) is 8.34. The quantitative estimate of drug-likeness (QED) is 0.166. The highest BCUT2D eigenvalue weighted by atomic mass is 32.1. The molecule has 4 heterocycles. The number of benzene rings is 3. The van der Waals surface area contributed by atoms with Crippen molar-refractivity contribution in [1.82, 2.24) is 0 Å². The van der Waals surface area contributed by atoms with E-state index in [-0.39, 0.29) is 18.3 Å². The standard InChI is InChI=1S/C36H32BNO2S3/c1-35(2)36(3,4)40-37(39-35)34-24-23-33(43-34)32-22-21-31(42-32)30-20-19-29(41-30)25-15-17-28(18-16-25)38(26-11-7-5-8-12-26)27-13-9-6-10-14-27/h5-24H,1-4H3. The first-order valence-corrected chi connectivity index (χ1v) is 16.9. The molecule has 7 rings (SSSR count). The van der Waals surface area contributed by atoms with Crippen LogP contribution in [0.3, 0.4) is 0 Å². The molecule has 214 valence electrons. The molecule has 6 aromatic rings. The van der Waals surface area contributed by atoms with Gasteiger partial charge in [-0.25, -0.2) is 0 Å². The summed E-state index contributed by atoms with van der Waals surface area (Å²) in [7, 11) is -0.318. The highest BCUT2D eigenvalue weighted by Gasteiger charge is 2.52. The zero-order valence-corrected chi connectivity index (χ0v) is 27.1. The molecule has 0 radical (unpaired) electrons. The lowest BCUT2D eigenvalue weighted by molar-refractivity contribution is 0.00578. The summed E-state index contributed by atoms with van der Waals surface area (Å²) in [4.78, 5) is 8.64. The number of thiophene rings is 3. The van der Waals surface area contributed by atoms with Crippen molar-refractivity contribution in [1.29, 1.82) is 0 Å². The number of hydrogen-bond acceptors (Lipinski definition) is 6. The maximum atomic E-state index is 6.27. The second-order valence-corrected chi connectivity index (χ2v) is 15.0. The van der Waals surface area contributed by atoms with E-state index in [9.17, 15) is 0 Å². The number of nitrogens with zero attached hydrogens (tertiary/aromatic N) is 1. The van der Waals surface area contributed by atoms with Crippen molar-refractivity contribution in [2.24, 2.45) is 0 Å². The van der Waals surface area contributed by atoms with Crippen molar-refractivity contribution >= 4 is 63.0 Å². The lowest BCUT2D eigenvalue weighted by atomic mass is 9.88. The van der Waals surface area contributed by atoms with E-state index in [1.54, 1.807) is 11.3 Å². The van der Waals surface area contributed by atoms with Crippen LogP contribution in [-0.2, 0) is 9.31 Å². The van der Waals surface area contributed by atoms with Gasteiger partial charge >= 0.3 is 7.12 Å². The molecule has 0 saturated carbocycles. The lowest BCUT2D eigenvalue weighted by Gasteiger charge is -2.32. The van der Waals surface area contributed by atoms with Crippen LogP contribution in [0.15, 0.2) is 121 Å². The largest absolute Gasteiger partial charge is 0.505 e. The molecular formula is C36H32BNO2S3. The SMILES string of the molecule is CC1(C)OB(c2ccc(-c3ccc(-c4ccc(-c5ccc(N(c6ccccc6)c6ccccc6)cc5)s4)s3)s2)OC1(C)C. The predicted molar refractivity (Wildman–Crippen MR) is 187 cm³/mol. The first-order valence-electron chi connectivity index (χ1n) is 14.4. The lowest BCUT2D eigenvalue weighted by Crippen LogP contribution is -2.41. The summed E-state index contributed by atoms with van der Waals surface area (Å²) < 4.78 is 13.7. The molecule has 3 nitrogen and oxygen atoms in total. The summed E-state index contributed by atoms with van der Waals surface area (Å²) in [6.07, 6.45) is 0. The van der Waals surface area contributed by atoms with Crippen LogP contribution in [-0.4, -0.2) is 18.3 Å². The van der Waals surface area contributed by atoms with Gasteiger partial charge < -0.3 is 14.2 Å². The van der Waals surface area contributed by atoms with E-state index < -0.39 is 0 Å². The third-order valence-corrected chi connectivity index (χ3v) is 12.0. The molecule has 1 fully saturated rings. The molecule has 0 amide bonds. The Morgan fingerprint density at radius 3 is 1.42 bits per heavy atom. The van der Waals surface area contributed by atoms with Gasteiger partial charge in [-0.2, -0.15) is 0 Å². The average Bonchev–Trinajstić information content (AvgIpc) is 3.81. The highest BCUT2D eigenvalue weighted by Crippen LogP contribution is 2.43. The summed E-state index contributed by atoms with van der Waals surface area (Å²) in [5.74, 6) is 0. The van der Waals surface area contributed by atoms with E-state index in [0.717, 1.165) is 21.8 Å². The van der Waals surface area contributed by atoms with Crippen molar-refractivity contribution in [2.45, 2.75) is 38.9 Å². The molecule has 0 spiro atoms. The molecule has 0 aliphatic carbocycles. The van der Waals surface area contributed by atoms with Crippen molar-refractivity contribution < 1.29 is 9.31 Å². The van der Waals surface area contributed by atoms with Crippen LogP contribution in [0.25, 0.3) is 29.9 Å². The molecule has 3 aromatic carbocycles. The van der Waals surface area contributed by atoms with Gasteiger partial charge in [0.2, 0.25) is 0 Å². The molecule has 0 bridgehead atoms. The average molecular weight is 618 g/mol. The Balaban J connectivity index is 1.09. The molecule has 7 heteroatoms. The number of para-hydroxylation sites is 2. The van der Waals surface area contributed by atoms with Crippen molar-refractivity contribution in [2.75, 3.05) is 4.90 Å². The van der Waals surface area contributed by atoms with Gasteiger partial charge in [-0.05, 0) is 100.0 Å². The smallest absolute Gasteiger partial charge is 0.399 e. The molecule has 43 heavy (non-hydrogen) atoms. The van der Waals surface area contributed by atoms with Crippen molar-refractivity contribution in [3.8, 4) is 29.9 Å². The maximum absolute atomic E-state index is 6.27. The predicted octanol–water partition coefficient (Wildman–Crippen LogP) is 10.6. The summed E-state index contributed by atoms with van der Waals surface area (Å²) in [6.45, 7) is 8.39. The molecule has 1 aliphatic rings. The van der Waals surface area contributed by atoms with Gasteiger partial charge in [-0.1, -0.05) is 54.6 Å². The maximum Gasteiger partial charge on any atom is 0.505 e. The van der Waals surface area contributed by atoms with E-state index in [4.69, 9.17) is 9.31 Å². The third-order valence-electron chi connectivity index (χ3n) is 8.25. The minimum Gasteiger partial charge on any atom is -0.399 e. The Labute approximate surface area is 266 Å². The van der Waals surface area contributed by atoms with Crippen LogP contribution in [0.1, 0.15) is 27.7 Å². The van der Waals surface area contributed by atoms with Gasteiger partial charge in [0.1, 0.15) is 0 Å². The molecule has 3 aromatic heterocycles. The molecule has 1 aliphatic heterocycles. The molecule has 0 unspecified atom stereocenters. The van der Waals surface area contributed by atoms with E-state index in [2.05, 4.69) is 154 Å². The Morgan fingerprint density at radius 2 is 0.884 bits per heavy atom. The fourth-order valence-electron chi connectivity index (χ4n) is 5.18. The first-order chi connectivity index (χ1) is 20.8. The topological polar surface area (TPSA) is 21.7 Å². The monoisotopic (exact) mass is 617 g/mol. The summed E-state index contributed by atoms with van der Waals surface area (Å²) >= 11 is 5.43. The Bertz CT molecular complexity index is 1780. The van der Waals surface area contributed by atoms with Crippen LogP contribution in [0.4, 0.5) is 17.1 Å². The molecular weight excluding hydrogens is 585 g/mol. The zero-order chi connectivity index (χ0) is 29.6. The van der Waals surface area contributed by atoms with Crippen LogP contribution in [0.2, 0.25) is 0 Å². The minimum atomic E-state index is -0.335. The van der Waals surface area contributed by atoms with Crippen molar-refractivity contribution in [3.63, 3.8) is 0 Å². The number of anilines is 3. The Hall–Kier alpha value is -3.46. The van der Waals surface area contributed by atoms with E-state index in [1.165, 1.54) is 29.9 Å². The van der Waals surface area contributed by atoms with Crippen LogP contribution >= 0.6 is 34.0 Å². The third kappa shape index (κ3) is 5.52. The normalized spacial score (nSPS) is 15.6. The Kier molecular flexibility index (Phi) is 7.40. The van der Waals surface area contributed by atoms with Crippen molar-refractivity contribution in [3.05, 3.63) is 121 Å². The van der Waals surface area contributed by atoms with E-state index >= 15 is 0 Å². The van der Waals surface area contributed by atoms with E-state index in [1.807, 2.05) is 22.7 Å². The van der Waals surface area contributed by atoms with Crippen LogP contribution in [0, 0.1) is 0 Å². The highest BCUT2D eigenvalue weighted by molar-refractivity contribution is 7.30. The minimum absolute atomic E-state index is 0.318. The zero-order valence-electron chi connectivity index (χ0n) is 24.6.